The molecule has 3 saturated carbocycles. The molecule has 0 aromatic heterocycles. The number of aliphatic hydroxyl groups is 3. The standard InChI is InChI=1S/C26H38O8/c1-12(2)18-7-15-8-24(10-27)17-6-5-13(3)16(17)9-25(15,26(18,24)23(31)32)11-33-22-21(30)20(29)19(28)14(4)34-22/h7,10,12-17,19-22,28-30H,5-6,8-9,11H2,1-4H3,(H,31,32)/t13-,14?,15?,16-,17-,19?,20?,21?,22?,24?,25?,26?/m1/s1. The van der Waals surface area contributed by atoms with E-state index in [2.05, 4.69) is 13.0 Å². The fourth-order valence-electron chi connectivity index (χ4n) is 9.02. The van der Waals surface area contributed by atoms with E-state index in [9.17, 15) is 30.0 Å². The summed E-state index contributed by atoms with van der Waals surface area (Å²) in [5, 5.41) is 41.8. The van der Waals surface area contributed by atoms with Crippen LogP contribution in [0.1, 0.15) is 53.4 Å². The monoisotopic (exact) mass is 478 g/mol. The molecule has 0 aromatic rings. The molecule has 4 bridgehead atoms. The maximum atomic E-state index is 13.4. The number of ether oxygens (including phenoxy) is 2. The van der Waals surface area contributed by atoms with Gasteiger partial charge in [-0.15, -0.1) is 0 Å². The summed E-state index contributed by atoms with van der Waals surface area (Å²) in [6, 6.07) is 0. The lowest BCUT2D eigenvalue weighted by atomic mass is 9.43. The predicted octanol–water partition coefficient (Wildman–Crippen LogP) is 1.76. The van der Waals surface area contributed by atoms with E-state index in [-0.39, 0.29) is 30.3 Å². The molecule has 0 radical (unpaired) electrons. The lowest BCUT2D eigenvalue weighted by Gasteiger charge is -2.58. The number of rotatable bonds is 6. The molecule has 5 aliphatic rings. The average molecular weight is 479 g/mol. The first kappa shape index (κ1) is 24.4. The smallest absolute Gasteiger partial charge is 0.315 e. The van der Waals surface area contributed by atoms with Crippen LogP contribution in [-0.2, 0) is 19.1 Å². The first-order valence-electron chi connectivity index (χ1n) is 12.7. The van der Waals surface area contributed by atoms with Crippen LogP contribution in [0.25, 0.3) is 0 Å². The Balaban J connectivity index is 1.59. The molecular formula is C26H38O8. The van der Waals surface area contributed by atoms with Gasteiger partial charge in [0.2, 0.25) is 0 Å². The van der Waals surface area contributed by atoms with Crippen LogP contribution < -0.4 is 0 Å². The summed E-state index contributed by atoms with van der Waals surface area (Å²) in [5.41, 5.74) is -2.37. The van der Waals surface area contributed by atoms with E-state index in [0.29, 0.717) is 18.8 Å². The van der Waals surface area contributed by atoms with Gasteiger partial charge in [-0.25, -0.2) is 0 Å². The average Bonchev–Trinajstić information content (AvgIpc) is 3.36. The Labute approximate surface area is 200 Å². The van der Waals surface area contributed by atoms with Crippen molar-refractivity contribution in [1.82, 2.24) is 0 Å². The Morgan fingerprint density at radius 1 is 1.18 bits per heavy atom. The lowest BCUT2D eigenvalue weighted by molar-refractivity contribution is -0.304. The number of fused-ring (bicyclic) bond motifs is 2. The number of carboxylic acid groups (broad SMARTS) is 1. The van der Waals surface area contributed by atoms with Crippen LogP contribution in [0.4, 0.5) is 0 Å². The van der Waals surface area contributed by atoms with Gasteiger partial charge in [0, 0.05) is 5.41 Å². The highest BCUT2D eigenvalue weighted by atomic mass is 16.7. The van der Waals surface area contributed by atoms with Gasteiger partial charge in [-0.1, -0.05) is 38.8 Å². The zero-order chi connectivity index (χ0) is 24.8. The second-order valence-corrected chi connectivity index (χ2v) is 12.0. The first-order valence-corrected chi connectivity index (χ1v) is 12.7. The van der Waals surface area contributed by atoms with Crippen LogP contribution in [0.3, 0.4) is 0 Å². The van der Waals surface area contributed by atoms with E-state index in [1.54, 1.807) is 6.92 Å². The van der Waals surface area contributed by atoms with Crippen molar-refractivity contribution in [3.8, 4) is 0 Å². The Hall–Kier alpha value is -1.32. The van der Waals surface area contributed by atoms with Gasteiger partial charge >= 0.3 is 5.97 Å². The molecule has 12 atom stereocenters. The van der Waals surface area contributed by atoms with Gasteiger partial charge in [0.15, 0.2) is 6.29 Å². The second-order valence-electron chi connectivity index (χ2n) is 12.0. The molecule has 0 aromatic carbocycles. The topological polar surface area (TPSA) is 134 Å². The van der Waals surface area contributed by atoms with E-state index >= 15 is 0 Å². The van der Waals surface area contributed by atoms with E-state index in [4.69, 9.17) is 9.47 Å². The summed E-state index contributed by atoms with van der Waals surface area (Å²) in [4.78, 5) is 26.4. The predicted molar refractivity (Wildman–Crippen MR) is 120 cm³/mol. The van der Waals surface area contributed by atoms with Crippen LogP contribution in [0.15, 0.2) is 11.6 Å². The summed E-state index contributed by atoms with van der Waals surface area (Å²) in [7, 11) is 0. The quantitative estimate of drug-likeness (QED) is 0.335. The van der Waals surface area contributed by atoms with Crippen molar-refractivity contribution in [1.29, 1.82) is 0 Å². The Morgan fingerprint density at radius 3 is 2.50 bits per heavy atom. The molecule has 9 unspecified atom stereocenters. The maximum Gasteiger partial charge on any atom is 0.315 e. The number of aldehydes is 1. The molecule has 8 heteroatoms. The number of carbonyl (C=O) groups is 2. The summed E-state index contributed by atoms with van der Waals surface area (Å²) >= 11 is 0. The van der Waals surface area contributed by atoms with Crippen molar-refractivity contribution >= 4 is 12.3 Å². The Morgan fingerprint density at radius 2 is 1.88 bits per heavy atom. The van der Waals surface area contributed by atoms with Crippen molar-refractivity contribution in [2.75, 3.05) is 6.61 Å². The van der Waals surface area contributed by atoms with E-state index < -0.39 is 52.9 Å². The van der Waals surface area contributed by atoms with Crippen molar-refractivity contribution in [3.63, 3.8) is 0 Å². The minimum Gasteiger partial charge on any atom is -0.481 e. The summed E-state index contributed by atoms with van der Waals surface area (Å²) < 4.78 is 11.8. The van der Waals surface area contributed by atoms with Crippen LogP contribution in [0, 0.1) is 45.8 Å². The van der Waals surface area contributed by atoms with Gasteiger partial charge in [0.25, 0.3) is 0 Å². The number of carbonyl (C=O) groups excluding carboxylic acids is 1. The van der Waals surface area contributed by atoms with Crippen LogP contribution in [-0.4, -0.2) is 70.0 Å². The van der Waals surface area contributed by atoms with E-state index in [1.807, 2.05) is 13.8 Å². The maximum absolute atomic E-state index is 13.4. The molecule has 1 heterocycles. The third-order valence-corrected chi connectivity index (χ3v) is 10.4. The van der Waals surface area contributed by atoms with Crippen LogP contribution >= 0.6 is 0 Å². The Bertz CT molecular complexity index is 901. The van der Waals surface area contributed by atoms with Crippen molar-refractivity contribution in [2.24, 2.45) is 45.8 Å². The Kier molecular flexibility index (Phi) is 5.62. The molecule has 5 rings (SSSR count). The largest absolute Gasteiger partial charge is 0.481 e. The molecule has 1 saturated heterocycles. The summed E-state index contributed by atoms with van der Waals surface area (Å²) in [6.07, 6.45) is -0.0313. The van der Waals surface area contributed by atoms with Gasteiger partial charge in [-0.2, -0.15) is 0 Å². The fourth-order valence-corrected chi connectivity index (χ4v) is 9.02. The molecule has 8 nitrogen and oxygen atoms in total. The number of hydrogen-bond acceptors (Lipinski definition) is 7. The van der Waals surface area contributed by atoms with Crippen LogP contribution in [0.2, 0.25) is 0 Å². The van der Waals surface area contributed by atoms with E-state index in [0.717, 1.165) is 24.7 Å². The zero-order valence-corrected chi connectivity index (χ0v) is 20.4. The molecule has 34 heavy (non-hydrogen) atoms. The normalized spacial score (nSPS) is 53.6. The number of aliphatic carboxylic acids is 1. The van der Waals surface area contributed by atoms with Gasteiger partial charge in [0.05, 0.1) is 18.1 Å². The SMILES string of the molecule is CC(C)C1=CC2CC3(C=O)[C@@H]4CC[C@@H](C)[C@H]4CC2(COC2OC(C)C(O)C(O)C2O)C13C(=O)O. The van der Waals surface area contributed by atoms with E-state index in [1.165, 1.54) is 0 Å². The number of aliphatic hydroxyl groups excluding tert-OH is 3. The first-order chi connectivity index (χ1) is 16.0. The molecule has 190 valence electrons. The minimum atomic E-state index is -1.46. The van der Waals surface area contributed by atoms with Crippen molar-refractivity contribution in [2.45, 2.75) is 84.1 Å². The molecule has 0 spiro atoms. The lowest BCUT2D eigenvalue weighted by Crippen LogP contribution is -2.64. The number of hydrogen-bond donors (Lipinski definition) is 4. The molecule has 4 N–H and O–H groups in total. The molecular weight excluding hydrogens is 440 g/mol. The summed E-state index contributed by atoms with van der Waals surface area (Å²) in [5.74, 6) is -0.472. The highest BCUT2D eigenvalue weighted by molar-refractivity contribution is 5.90. The molecule has 0 amide bonds. The zero-order valence-electron chi connectivity index (χ0n) is 20.4. The summed E-state index contributed by atoms with van der Waals surface area (Å²) in [6.45, 7) is 7.76. The van der Waals surface area contributed by atoms with Crippen molar-refractivity contribution in [3.05, 3.63) is 11.6 Å². The molecule has 4 aliphatic carbocycles. The minimum absolute atomic E-state index is 0.000517. The highest BCUT2D eigenvalue weighted by Crippen LogP contribution is 2.82. The van der Waals surface area contributed by atoms with Gasteiger partial charge in [-0.3, -0.25) is 4.79 Å². The van der Waals surface area contributed by atoms with Crippen molar-refractivity contribution < 1.29 is 39.5 Å². The molecule has 1 aliphatic heterocycles. The van der Waals surface area contributed by atoms with Crippen LogP contribution in [0.5, 0.6) is 0 Å². The second kappa shape index (κ2) is 7.84. The van der Waals surface area contributed by atoms with Gasteiger partial charge < -0.3 is 34.7 Å². The fraction of sp³-hybridized carbons (Fsp3) is 0.846. The third kappa shape index (κ3) is 2.67. The van der Waals surface area contributed by atoms with Gasteiger partial charge in [0.1, 0.15) is 30.0 Å². The number of carboxylic acids is 1. The van der Waals surface area contributed by atoms with Gasteiger partial charge in [-0.05, 0) is 55.8 Å². The molecule has 4 fully saturated rings. The number of allylic oxidation sites excluding steroid dienone is 1. The highest BCUT2D eigenvalue weighted by Gasteiger charge is 2.84. The third-order valence-electron chi connectivity index (χ3n) is 10.4.